The van der Waals surface area contributed by atoms with Gasteiger partial charge in [-0.15, -0.1) is 0 Å². The van der Waals surface area contributed by atoms with E-state index in [1.165, 1.54) is 0 Å². The molecule has 2 heterocycles. The zero-order chi connectivity index (χ0) is 12.6. The van der Waals surface area contributed by atoms with Crippen molar-refractivity contribution in [1.82, 2.24) is 19.3 Å². The summed E-state index contributed by atoms with van der Waals surface area (Å²) in [4.78, 5) is 4.39. The Morgan fingerprint density at radius 2 is 2.18 bits per heavy atom. The molecule has 94 valence electrons. The van der Waals surface area contributed by atoms with Crippen LogP contribution in [0.15, 0.2) is 0 Å². The second-order valence-electron chi connectivity index (χ2n) is 4.34. The zero-order valence-corrected chi connectivity index (χ0v) is 11.6. The van der Waals surface area contributed by atoms with E-state index < -0.39 is 0 Å². The molecule has 2 aromatic heterocycles. The normalized spacial score (nSPS) is 13.4. The molecule has 2 aromatic rings. The smallest absolute Gasteiger partial charge is 0.202 e. The molecule has 2 N–H and O–H groups in total. The van der Waals surface area contributed by atoms with Gasteiger partial charge < -0.3 is 5.73 Å². The molecule has 0 fully saturated rings. The Morgan fingerprint density at radius 1 is 1.47 bits per heavy atom. The van der Waals surface area contributed by atoms with Crippen LogP contribution in [0.1, 0.15) is 19.0 Å². The van der Waals surface area contributed by atoms with Crippen molar-refractivity contribution in [2.75, 3.05) is 12.0 Å². The predicted molar refractivity (Wildman–Crippen MR) is 73.2 cm³/mol. The Labute approximate surface area is 105 Å². The van der Waals surface area contributed by atoms with Crippen molar-refractivity contribution < 1.29 is 0 Å². The molecule has 0 aliphatic carbocycles. The first-order valence-corrected chi connectivity index (χ1v) is 7.01. The van der Waals surface area contributed by atoms with E-state index in [0.29, 0.717) is 11.2 Å². The Balaban J connectivity index is 2.35. The Bertz CT molecular complexity index is 527. The fourth-order valence-corrected chi connectivity index (χ4v) is 2.34. The van der Waals surface area contributed by atoms with Gasteiger partial charge in [0, 0.05) is 18.8 Å². The van der Waals surface area contributed by atoms with Crippen LogP contribution >= 0.6 is 11.8 Å². The van der Waals surface area contributed by atoms with E-state index in [0.717, 1.165) is 29.8 Å². The molecule has 5 nitrogen and oxygen atoms in total. The zero-order valence-electron chi connectivity index (χ0n) is 10.8. The second-order valence-corrected chi connectivity index (χ2v) is 5.61. The molecule has 0 saturated carbocycles. The van der Waals surface area contributed by atoms with Crippen LogP contribution in [-0.4, -0.2) is 30.8 Å². The molecule has 0 amide bonds. The Kier molecular flexibility index (Phi) is 3.33. The number of aromatic nitrogens is 4. The summed E-state index contributed by atoms with van der Waals surface area (Å²) in [6, 6.07) is 0. The maximum absolute atomic E-state index is 5.97. The highest BCUT2D eigenvalue weighted by molar-refractivity contribution is 7.99. The Hall–Kier alpha value is -1.17. The highest BCUT2D eigenvalue weighted by Crippen LogP contribution is 2.21. The van der Waals surface area contributed by atoms with E-state index in [-0.39, 0.29) is 0 Å². The number of imidazole rings is 1. The number of anilines is 1. The molecule has 0 spiro atoms. The second kappa shape index (κ2) is 4.60. The average molecular weight is 253 g/mol. The third-order valence-electron chi connectivity index (χ3n) is 3.08. The van der Waals surface area contributed by atoms with Crippen LogP contribution in [0.3, 0.4) is 0 Å². The molecule has 1 atom stereocenters. The monoisotopic (exact) mass is 253 g/mol. The van der Waals surface area contributed by atoms with Crippen LogP contribution in [-0.2, 0) is 13.6 Å². The van der Waals surface area contributed by atoms with Gasteiger partial charge in [0.1, 0.15) is 5.52 Å². The van der Waals surface area contributed by atoms with Crippen LogP contribution in [0.5, 0.6) is 0 Å². The number of nitrogen functional groups attached to an aromatic ring is 1. The number of rotatable bonds is 4. The number of nitrogens with zero attached hydrogens (tertiary/aromatic N) is 4. The lowest BCUT2D eigenvalue weighted by Crippen LogP contribution is -2.10. The summed E-state index contributed by atoms with van der Waals surface area (Å²) in [6.07, 6.45) is 3.22. The first-order chi connectivity index (χ1) is 8.04. The minimum atomic E-state index is 0.587. The number of aryl methyl sites for hydroxylation is 3. The molecule has 0 aromatic carbocycles. The molecule has 0 aliphatic rings. The summed E-state index contributed by atoms with van der Waals surface area (Å²) in [6.45, 7) is 5.08. The van der Waals surface area contributed by atoms with E-state index in [1.54, 1.807) is 0 Å². The van der Waals surface area contributed by atoms with Gasteiger partial charge in [-0.25, -0.2) is 4.98 Å². The molecule has 0 radical (unpaired) electrons. The van der Waals surface area contributed by atoms with E-state index in [1.807, 2.05) is 30.4 Å². The van der Waals surface area contributed by atoms with Crippen LogP contribution in [0.2, 0.25) is 0 Å². The standard InChI is InChI=1S/C11H19N5S/c1-7(17-4)5-6-16-10-9(13-11(16)12)8(2)14-15(10)3/h7H,5-6H2,1-4H3,(H2,12,13). The van der Waals surface area contributed by atoms with Crippen molar-refractivity contribution >= 4 is 28.9 Å². The molecule has 2 rings (SSSR count). The van der Waals surface area contributed by atoms with Gasteiger partial charge in [0.05, 0.1) is 5.69 Å². The molecule has 17 heavy (non-hydrogen) atoms. The first-order valence-electron chi connectivity index (χ1n) is 5.72. The van der Waals surface area contributed by atoms with Gasteiger partial charge >= 0.3 is 0 Å². The molecular formula is C11H19N5S. The topological polar surface area (TPSA) is 61.7 Å². The van der Waals surface area contributed by atoms with Crippen molar-refractivity contribution in [3.8, 4) is 0 Å². The van der Waals surface area contributed by atoms with Gasteiger partial charge in [0.2, 0.25) is 5.95 Å². The summed E-state index contributed by atoms with van der Waals surface area (Å²) in [5, 5.41) is 5.00. The molecule has 0 saturated heterocycles. The third-order valence-corrected chi connectivity index (χ3v) is 4.12. The quantitative estimate of drug-likeness (QED) is 0.902. The highest BCUT2D eigenvalue weighted by atomic mass is 32.2. The van der Waals surface area contributed by atoms with Crippen LogP contribution < -0.4 is 5.73 Å². The van der Waals surface area contributed by atoms with Crippen molar-refractivity contribution in [2.45, 2.75) is 32.1 Å². The van der Waals surface area contributed by atoms with Gasteiger partial charge in [0.15, 0.2) is 5.65 Å². The number of fused-ring (bicyclic) bond motifs is 1. The summed E-state index contributed by atoms with van der Waals surface area (Å²) < 4.78 is 3.92. The van der Waals surface area contributed by atoms with Crippen LogP contribution in [0, 0.1) is 6.92 Å². The van der Waals surface area contributed by atoms with Gasteiger partial charge in [-0.05, 0) is 19.6 Å². The van der Waals surface area contributed by atoms with E-state index >= 15 is 0 Å². The third kappa shape index (κ3) is 2.13. The van der Waals surface area contributed by atoms with Gasteiger partial charge in [-0.3, -0.25) is 9.25 Å². The average Bonchev–Trinajstić information content (AvgIpc) is 2.75. The Morgan fingerprint density at radius 3 is 2.82 bits per heavy atom. The number of thioether (sulfide) groups is 1. The lowest BCUT2D eigenvalue weighted by Gasteiger charge is -2.10. The number of hydrogen-bond acceptors (Lipinski definition) is 4. The van der Waals surface area contributed by atoms with Crippen molar-refractivity contribution in [1.29, 1.82) is 0 Å². The van der Waals surface area contributed by atoms with E-state index in [4.69, 9.17) is 5.73 Å². The fourth-order valence-electron chi connectivity index (χ4n) is 2.00. The number of nitrogens with two attached hydrogens (primary N) is 1. The molecule has 0 aliphatic heterocycles. The maximum atomic E-state index is 5.97. The van der Waals surface area contributed by atoms with Gasteiger partial charge in [0.25, 0.3) is 0 Å². The molecule has 0 bridgehead atoms. The molecule has 6 heteroatoms. The molecule has 1 unspecified atom stereocenters. The summed E-state index contributed by atoms with van der Waals surface area (Å²) in [5.74, 6) is 0.587. The van der Waals surface area contributed by atoms with Crippen LogP contribution in [0.25, 0.3) is 11.2 Å². The largest absolute Gasteiger partial charge is 0.369 e. The van der Waals surface area contributed by atoms with Crippen molar-refractivity contribution in [3.63, 3.8) is 0 Å². The minimum absolute atomic E-state index is 0.587. The van der Waals surface area contributed by atoms with Crippen molar-refractivity contribution in [3.05, 3.63) is 5.69 Å². The molecular weight excluding hydrogens is 234 g/mol. The van der Waals surface area contributed by atoms with E-state index in [9.17, 15) is 0 Å². The summed E-state index contributed by atoms with van der Waals surface area (Å²) in [5.41, 5.74) is 8.84. The first kappa shape index (κ1) is 12.3. The lowest BCUT2D eigenvalue weighted by atomic mass is 10.3. The van der Waals surface area contributed by atoms with Gasteiger partial charge in [-0.2, -0.15) is 16.9 Å². The summed E-state index contributed by atoms with van der Waals surface area (Å²) >= 11 is 1.87. The lowest BCUT2D eigenvalue weighted by molar-refractivity contribution is 0.638. The summed E-state index contributed by atoms with van der Waals surface area (Å²) in [7, 11) is 1.94. The number of hydrogen-bond donors (Lipinski definition) is 1. The maximum Gasteiger partial charge on any atom is 0.202 e. The SMILES string of the molecule is CSC(C)CCn1c(N)nc2c(C)nn(C)c21. The minimum Gasteiger partial charge on any atom is -0.369 e. The van der Waals surface area contributed by atoms with Crippen LogP contribution in [0.4, 0.5) is 5.95 Å². The van der Waals surface area contributed by atoms with Gasteiger partial charge in [-0.1, -0.05) is 6.92 Å². The van der Waals surface area contributed by atoms with E-state index in [2.05, 4.69) is 27.8 Å². The highest BCUT2D eigenvalue weighted by Gasteiger charge is 2.15. The van der Waals surface area contributed by atoms with Crippen molar-refractivity contribution in [2.24, 2.45) is 7.05 Å². The fraction of sp³-hybridized carbons (Fsp3) is 0.636. The predicted octanol–water partition coefficient (Wildman–Crippen LogP) is 1.80.